The van der Waals surface area contributed by atoms with E-state index in [0.717, 1.165) is 78.7 Å². The molecule has 2 aromatic heterocycles. The minimum atomic E-state index is -0.227. The lowest BCUT2D eigenvalue weighted by Gasteiger charge is -2.33. The molecule has 0 amide bonds. The molecule has 5 rings (SSSR count). The molecule has 0 aliphatic carbocycles. The maximum atomic E-state index is 13.3. The van der Waals surface area contributed by atoms with Crippen LogP contribution in [0.25, 0.3) is 28.3 Å². The first-order valence-corrected chi connectivity index (χ1v) is 11.5. The predicted octanol–water partition coefficient (Wildman–Crippen LogP) is 5.38. The van der Waals surface area contributed by atoms with E-state index in [9.17, 15) is 4.39 Å². The second-order valence-corrected chi connectivity index (χ2v) is 8.63. The summed E-state index contributed by atoms with van der Waals surface area (Å²) in [5.41, 5.74) is 6.30. The highest BCUT2D eigenvalue weighted by Gasteiger charge is 2.22. The van der Waals surface area contributed by atoms with Crippen LogP contribution in [0.1, 0.15) is 18.1 Å². The maximum Gasteiger partial charge on any atom is 0.152 e. The number of benzene rings is 2. The highest BCUT2D eigenvalue weighted by Crippen LogP contribution is 2.31. The van der Waals surface area contributed by atoms with Crippen LogP contribution >= 0.6 is 0 Å². The van der Waals surface area contributed by atoms with Crippen LogP contribution in [0.2, 0.25) is 0 Å². The standard InChI is InChI=1S/C27H29FN4O/c1-3-30-12-14-31(15-13-30)19-23-18-29-32(27(23)26-5-4-16-33-26)25-11-8-22(17-20(25)2)21-6-9-24(28)10-7-21/h4-11,16-18H,3,12-15,19H2,1-2H3. The van der Waals surface area contributed by atoms with E-state index in [-0.39, 0.29) is 5.82 Å². The van der Waals surface area contributed by atoms with Gasteiger partial charge in [0, 0.05) is 38.3 Å². The van der Waals surface area contributed by atoms with Crippen molar-refractivity contribution < 1.29 is 8.81 Å². The topological polar surface area (TPSA) is 37.4 Å². The summed E-state index contributed by atoms with van der Waals surface area (Å²) < 4.78 is 21.1. The monoisotopic (exact) mass is 444 g/mol. The Kier molecular flexibility index (Phi) is 6.11. The second kappa shape index (κ2) is 9.33. The van der Waals surface area contributed by atoms with Crippen molar-refractivity contribution in [2.24, 2.45) is 0 Å². The first-order valence-electron chi connectivity index (χ1n) is 11.5. The van der Waals surface area contributed by atoms with Crippen molar-refractivity contribution in [3.05, 3.63) is 84.0 Å². The van der Waals surface area contributed by atoms with Gasteiger partial charge in [-0.3, -0.25) is 4.90 Å². The quantitative estimate of drug-likeness (QED) is 0.400. The zero-order valence-corrected chi connectivity index (χ0v) is 19.2. The molecule has 2 aromatic carbocycles. The second-order valence-electron chi connectivity index (χ2n) is 8.63. The zero-order chi connectivity index (χ0) is 22.8. The molecule has 0 unspecified atom stereocenters. The van der Waals surface area contributed by atoms with Gasteiger partial charge in [-0.25, -0.2) is 9.07 Å². The van der Waals surface area contributed by atoms with Crippen molar-refractivity contribution >= 4 is 0 Å². The van der Waals surface area contributed by atoms with Crippen molar-refractivity contribution in [3.63, 3.8) is 0 Å². The summed E-state index contributed by atoms with van der Waals surface area (Å²) in [5.74, 6) is 0.590. The Bertz CT molecular complexity index is 1210. The van der Waals surface area contributed by atoms with Crippen LogP contribution in [0.15, 0.2) is 71.5 Å². The summed E-state index contributed by atoms with van der Waals surface area (Å²) >= 11 is 0. The van der Waals surface area contributed by atoms with Gasteiger partial charge in [0.1, 0.15) is 11.5 Å². The SMILES string of the molecule is CCN1CCN(Cc2cnn(-c3ccc(-c4ccc(F)cc4)cc3C)c2-c2ccco2)CC1. The Hall–Kier alpha value is -3.22. The normalized spacial score (nSPS) is 15.2. The average molecular weight is 445 g/mol. The molecule has 5 nitrogen and oxygen atoms in total. The first-order chi connectivity index (χ1) is 16.1. The van der Waals surface area contributed by atoms with Gasteiger partial charge in [0.15, 0.2) is 5.76 Å². The van der Waals surface area contributed by atoms with Gasteiger partial charge in [-0.15, -0.1) is 0 Å². The smallest absolute Gasteiger partial charge is 0.152 e. The number of hydrogen-bond acceptors (Lipinski definition) is 4. The number of hydrogen-bond donors (Lipinski definition) is 0. The van der Waals surface area contributed by atoms with Crippen LogP contribution in [0.5, 0.6) is 0 Å². The van der Waals surface area contributed by atoms with Gasteiger partial charge in [0.25, 0.3) is 0 Å². The summed E-state index contributed by atoms with van der Waals surface area (Å²) in [6.45, 7) is 10.6. The van der Waals surface area contributed by atoms with E-state index in [1.807, 2.05) is 35.1 Å². The van der Waals surface area contributed by atoms with Gasteiger partial charge < -0.3 is 9.32 Å². The van der Waals surface area contributed by atoms with Gasteiger partial charge in [-0.2, -0.15) is 5.10 Å². The molecule has 1 fully saturated rings. The van der Waals surface area contributed by atoms with E-state index in [1.54, 1.807) is 6.26 Å². The minimum Gasteiger partial charge on any atom is -0.463 e. The third kappa shape index (κ3) is 4.49. The van der Waals surface area contributed by atoms with Gasteiger partial charge in [-0.1, -0.05) is 25.1 Å². The van der Waals surface area contributed by atoms with Crippen LogP contribution in [-0.2, 0) is 6.54 Å². The Balaban J connectivity index is 1.47. The number of piperazine rings is 1. The molecule has 0 bridgehead atoms. The average Bonchev–Trinajstić information content (AvgIpc) is 3.50. The number of halogens is 1. The summed E-state index contributed by atoms with van der Waals surface area (Å²) in [7, 11) is 0. The Morgan fingerprint density at radius 3 is 2.33 bits per heavy atom. The number of rotatable bonds is 6. The summed E-state index contributed by atoms with van der Waals surface area (Å²) in [6, 6.07) is 16.8. The Morgan fingerprint density at radius 1 is 0.939 bits per heavy atom. The van der Waals surface area contributed by atoms with Crippen molar-refractivity contribution in [3.8, 4) is 28.3 Å². The van der Waals surface area contributed by atoms with E-state index < -0.39 is 0 Å². The fourth-order valence-corrected chi connectivity index (χ4v) is 4.58. The number of nitrogens with zero attached hydrogens (tertiary/aromatic N) is 4. The number of likely N-dealkylation sites (N-methyl/N-ethyl adjacent to an activating group) is 1. The number of aryl methyl sites for hydroxylation is 1. The van der Waals surface area contributed by atoms with Crippen LogP contribution in [-0.4, -0.2) is 52.3 Å². The van der Waals surface area contributed by atoms with Crippen LogP contribution in [0.4, 0.5) is 4.39 Å². The molecule has 3 heterocycles. The van der Waals surface area contributed by atoms with Gasteiger partial charge >= 0.3 is 0 Å². The van der Waals surface area contributed by atoms with E-state index in [2.05, 4.69) is 41.8 Å². The van der Waals surface area contributed by atoms with Crippen LogP contribution < -0.4 is 0 Å². The molecule has 0 atom stereocenters. The molecule has 6 heteroatoms. The van der Waals surface area contributed by atoms with E-state index in [4.69, 9.17) is 9.52 Å². The molecule has 0 N–H and O–H groups in total. The molecular formula is C27H29FN4O. The highest BCUT2D eigenvalue weighted by atomic mass is 19.1. The molecular weight excluding hydrogens is 415 g/mol. The number of aromatic nitrogens is 2. The van der Waals surface area contributed by atoms with Crippen molar-refractivity contribution in [2.45, 2.75) is 20.4 Å². The molecule has 0 spiro atoms. The van der Waals surface area contributed by atoms with E-state index in [1.165, 1.54) is 12.1 Å². The molecule has 1 saturated heterocycles. The predicted molar refractivity (Wildman–Crippen MR) is 129 cm³/mol. The van der Waals surface area contributed by atoms with Crippen molar-refractivity contribution in [1.29, 1.82) is 0 Å². The molecule has 33 heavy (non-hydrogen) atoms. The summed E-state index contributed by atoms with van der Waals surface area (Å²) in [6.07, 6.45) is 3.68. The van der Waals surface area contributed by atoms with Crippen molar-refractivity contribution in [2.75, 3.05) is 32.7 Å². The lowest BCUT2D eigenvalue weighted by atomic mass is 10.0. The fraction of sp³-hybridized carbons (Fsp3) is 0.296. The summed E-state index contributed by atoms with van der Waals surface area (Å²) in [4.78, 5) is 4.98. The lowest BCUT2D eigenvalue weighted by molar-refractivity contribution is 0.132. The third-order valence-electron chi connectivity index (χ3n) is 6.51. The van der Waals surface area contributed by atoms with E-state index in [0.29, 0.717) is 0 Å². The Morgan fingerprint density at radius 2 is 1.67 bits per heavy atom. The molecule has 170 valence electrons. The van der Waals surface area contributed by atoms with Gasteiger partial charge in [0.2, 0.25) is 0 Å². The largest absolute Gasteiger partial charge is 0.463 e. The zero-order valence-electron chi connectivity index (χ0n) is 19.2. The Labute approximate surface area is 194 Å². The van der Waals surface area contributed by atoms with Crippen LogP contribution in [0.3, 0.4) is 0 Å². The van der Waals surface area contributed by atoms with Gasteiger partial charge in [0.05, 0.1) is 18.1 Å². The fourth-order valence-electron chi connectivity index (χ4n) is 4.58. The summed E-state index contributed by atoms with van der Waals surface area (Å²) in [5, 5.41) is 4.78. The minimum absolute atomic E-state index is 0.227. The third-order valence-corrected chi connectivity index (χ3v) is 6.51. The van der Waals surface area contributed by atoms with Crippen molar-refractivity contribution in [1.82, 2.24) is 19.6 Å². The number of furan rings is 1. The van der Waals surface area contributed by atoms with Gasteiger partial charge in [-0.05, 0) is 66.6 Å². The maximum absolute atomic E-state index is 13.3. The molecule has 0 radical (unpaired) electrons. The first kappa shape index (κ1) is 21.6. The molecule has 1 aliphatic heterocycles. The highest BCUT2D eigenvalue weighted by molar-refractivity contribution is 5.68. The molecule has 0 saturated carbocycles. The van der Waals surface area contributed by atoms with Crippen LogP contribution in [0, 0.1) is 12.7 Å². The van der Waals surface area contributed by atoms with E-state index >= 15 is 0 Å². The molecule has 1 aliphatic rings. The molecule has 4 aromatic rings. The lowest BCUT2D eigenvalue weighted by Crippen LogP contribution is -2.45.